The van der Waals surface area contributed by atoms with Crippen LogP contribution in [0, 0.1) is 0 Å². The van der Waals surface area contributed by atoms with E-state index in [1.807, 2.05) is 0 Å². The Morgan fingerprint density at radius 1 is 0.647 bits per heavy atom. The van der Waals surface area contributed by atoms with Gasteiger partial charge in [-0.3, -0.25) is 0 Å². The molecule has 6 nitrogen and oxygen atoms in total. The maximum Gasteiger partial charge on any atom is 0.177 e. The van der Waals surface area contributed by atoms with Crippen molar-refractivity contribution < 1.29 is 28.4 Å². The average molecular weight is 252 g/mol. The van der Waals surface area contributed by atoms with Gasteiger partial charge < -0.3 is 28.4 Å². The Kier molecular flexibility index (Phi) is 8.67. The molecule has 0 aliphatic rings. The molecule has 0 N–H and O–H groups in total. The normalized spacial score (nSPS) is 12.7. The van der Waals surface area contributed by atoms with Crippen LogP contribution in [0.2, 0.25) is 0 Å². The van der Waals surface area contributed by atoms with Gasteiger partial charge in [0.2, 0.25) is 0 Å². The highest BCUT2D eigenvalue weighted by Crippen LogP contribution is 2.27. The molecule has 0 rings (SSSR count). The van der Waals surface area contributed by atoms with Crippen LogP contribution in [-0.2, 0) is 28.4 Å². The molecule has 0 spiro atoms. The molecular formula is C11H24O6. The fourth-order valence-electron chi connectivity index (χ4n) is 1.53. The lowest BCUT2D eigenvalue weighted by atomic mass is 10.1. The standard InChI is InChI=1S/C11H24O6/c1-12-9(13-2)7-11(16-5,17-6)8-10(14-3)15-4/h9-10H,7-8H2,1-6H3. The molecule has 0 unspecified atom stereocenters. The summed E-state index contributed by atoms with van der Waals surface area (Å²) in [4.78, 5) is 0. The van der Waals surface area contributed by atoms with Crippen LogP contribution < -0.4 is 0 Å². The van der Waals surface area contributed by atoms with Crippen molar-refractivity contribution in [1.82, 2.24) is 0 Å². The van der Waals surface area contributed by atoms with E-state index in [-0.39, 0.29) is 0 Å². The summed E-state index contributed by atoms with van der Waals surface area (Å²) in [7, 11) is 9.38. The van der Waals surface area contributed by atoms with Gasteiger partial charge in [0.15, 0.2) is 18.4 Å². The van der Waals surface area contributed by atoms with E-state index < -0.39 is 18.4 Å². The van der Waals surface area contributed by atoms with Crippen molar-refractivity contribution in [2.24, 2.45) is 0 Å². The largest absolute Gasteiger partial charge is 0.356 e. The van der Waals surface area contributed by atoms with E-state index in [4.69, 9.17) is 28.4 Å². The number of rotatable bonds is 10. The van der Waals surface area contributed by atoms with Gasteiger partial charge in [-0.05, 0) is 0 Å². The number of methoxy groups -OCH3 is 6. The Morgan fingerprint density at radius 3 is 1.12 bits per heavy atom. The van der Waals surface area contributed by atoms with Crippen molar-refractivity contribution in [3.05, 3.63) is 0 Å². The third kappa shape index (κ3) is 5.29. The Labute approximate surface area is 103 Å². The molecule has 0 atom stereocenters. The van der Waals surface area contributed by atoms with Crippen LogP contribution >= 0.6 is 0 Å². The van der Waals surface area contributed by atoms with Crippen LogP contribution in [0.5, 0.6) is 0 Å². The number of ether oxygens (including phenoxy) is 6. The summed E-state index contributed by atoms with van der Waals surface area (Å²) < 4.78 is 31.4. The Hall–Kier alpha value is -0.240. The Bertz CT molecular complexity index is 159. The van der Waals surface area contributed by atoms with E-state index in [0.717, 1.165) is 0 Å². The average Bonchev–Trinajstić information content (AvgIpc) is 2.40. The second-order valence-corrected chi connectivity index (χ2v) is 3.53. The van der Waals surface area contributed by atoms with Gasteiger partial charge in [0.1, 0.15) is 0 Å². The van der Waals surface area contributed by atoms with E-state index in [0.29, 0.717) is 12.8 Å². The minimum atomic E-state index is -0.868. The molecule has 0 bridgehead atoms. The van der Waals surface area contributed by atoms with Crippen molar-refractivity contribution in [2.75, 3.05) is 42.7 Å². The fraction of sp³-hybridized carbons (Fsp3) is 1.00. The fourth-order valence-corrected chi connectivity index (χ4v) is 1.53. The van der Waals surface area contributed by atoms with Gasteiger partial charge in [-0.25, -0.2) is 0 Å². The number of hydrogen-bond acceptors (Lipinski definition) is 6. The van der Waals surface area contributed by atoms with Crippen LogP contribution in [-0.4, -0.2) is 61.0 Å². The zero-order valence-electron chi connectivity index (χ0n) is 11.5. The minimum Gasteiger partial charge on any atom is -0.356 e. The summed E-state index contributed by atoms with van der Waals surface area (Å²) in [5, 5.41) is 0. The van der Waals surface area contributed by atoms with Crippen molar-refractivity contribution >= 4 is 0 Å². The molecule has 0 aromatic rings. The summed E-state index contributed by atoms with van der Waals surface area (Å²) in [5.41, 5.74) is 0. The molecule has 0 aliphatic carbocycles. The van der Waals surface area contributed by atoms with E-state index in [9.17, 15) is 0 Å². The SMILES string of the molecule is COC(CC(CC(OC)OC)(OC)OC)OC. The molecule has 17 heavy (non-hydrogen) atoms. The van der Waals surface area contributed by atoms with Crippen molar-refractivity contribution in [2.45, 2.75) is 31.2 Å². The first kappa shape index (κ1) is 16.8. The van der Waals surface area contributed by atoms with Crippen molar-refractivity contribution in [3.8, 4) is 0 Å². The van der Waals surface area contributed by atoms with E-state index >= 15 is 0 Å². The van der Waals surface area contributed by atoms with Crippen LogP contribution in [0.4, 0.5) is 0 Å². The van der Waals surface area contributed by atoms with Crippen LogP contribution in [0.1, 0.15) is 12.8 Å². The summed E-state index contributed by atoms with van der Waals surface area (Å²) in [5.74, 6) is -0.868. The highest BCUT2D eigenvalue weighted by molar-refractivity contribution is 4.73. The summed E-state index contributed by atoms with van der Waals surface area (Å²) in [6.45, 7) is 0. The summed E-state index contributed by atoms with van der Waals surface area (Å²) in [6.07, 6.45) is 0.000393. The molecule has 0 aromatic heterocycles. The zero-order valence-corrected chi connectivity index (χ0v) is 11.5. The van der Waals surface area contributed by atoms with Gasteiger partial charge in [0.25, 0.3) is 0 Å². The molecule has 104 valence electrons. The second-order valence-electron chi connectivity index (χ2n) is 3.53. The third-order valence-electron chi connectivity index (χ3n) is 2.75. The quantitative estimate of drug-likeness (QED) is 0.540. The predicted molar refractivity (Wildman–Crippen MR) is 61.6 cm³/mol. The lowest BCUT2D eigenvalue weighted by Gasteiger charge is -2.35. The van der Waals surface area contributed by atoms with Gasteiger partial charge in [-0.15, -0.1) is 0 Å². The Balaban J connectivity index is 4.63. The molecule has 0 aromatic carbocycles. The first-order valence-electron chi connectivity index (χ1n) is 5.32. The maximum absolute atomic E-state index is 5.41. The topological polar surface area (TPSA) is 55.4 Å². The van der Waals surface area contributed by atoms with Gasteiger partial charge >= 0.3 is 0 Å². The maximum atomic E-state index is 5.41. The lowest BCUT2D eigenvalue weighted by molar-refractivity contribution is -0.278. The van der Waals surface area contributed by atoms with E-state index in [2.05, 4.69) is 0 Å². The van der Waals surface area contributed by atoms with E-state index in [1.165, 1.54) is 0 Å². The van der Waals surface area contributed by atoms with Crippen LogP contribution in [0.25, 0.3) is 0 Å². The van der Waals surface area contributed by atoms with Gasteiger partial charge in [-0.2, -0.15) is 0 Å². The van der Waals surface area contributed by atoms with Gasteiger partial charge in [-0.1, -0.05) is 0 Å². The molecule has 0 heterocycles. The van der Waals surface area contributed by atoms with Crippen molar-refractivity contribution in [3.63, 3.8) is 0 Å². The predicted octanol–water partition coefficient (Wildman–Crippen LogP) is 0.993. The molecule has 6 heteroatoms. The zero-order chi connectivity index (χ0) is 13.3. The number of hydrogen-bond donors (Lipinski definition) is 0. The monoisotopic (exact) mass is 252 g/mol. The summed E-state index contributed by atoms with van der Waals surface area (Å²) in [6, 6.07) is 0. The molecule has 0 saturated carbocycles. The lowest BCUT2D eigenvalue weighted by Crippen LogP contribution is -2.42. The molecule has 0 saturated heterocycles. The summed E-state index contributed by atoms with van der Waals surface area (Å²) >= 11 is 0. The van der Waals surface area contributed by atoms with Crippen LogP contribution in [0.15, 0.2) is 0 Å². The molecule has 0 amide bonds. The van der Waals surface area contributed by atoms with Gasteiger partial charge in [0, 0.05) is 42.7 Å². The molecular weight excluding hydrogens is 228 g/mol. The second kappa shape index (κ2) is 8.79. The molecule has 0 fully saturated rings. The minimum absolute atomic E-state index is 0.413. The highest BCUT2D eigenvalue weighted by atomic mass is 16.7. The third-order valence-corrected chi connectivity index (χ3v) is 2.75. The molecule has 0 radical (unpaired) electrons. The first-order chi connectivity index (χ1) is 8.11. The van der Waals surface area contributed by atoms with Crippen LogP contribution in [0.3, 0.4) is 0 Å². The van der Waals surface area contributed by atoms with Crippen molar-refractivity contribution in [1.29, 1.82) is 0 Å². The first-order valence-corrected chi connectivity index (χ1v) is 5.32. The Morgan fingerprint density at radius 2 is 0.941 bits per heavy atom. The highest BCUT2D eigenvalue weighted by Gasteiger charge is 2.36. The molecule has 0 aliphatic heterocycles. The van der Waals surface area contributed by atoms with E-state index in [1.54, 1.807) is 42.7 Å². The van der Waals surface area contributed by atoms with Gasteiger partial charge in [0.05, 0.1) is 12.8 Å². The smallest absolute Gasteiger partial charge is 0.177 e.